The standard InChI is InChI=1S/C15H12BrClO3/c16-11-5-3-4-10(8-11)9-14(15(18)19)20-13-7-2-1-6-12(13)17/h1-8,14H,9H2,(H,18,19)/t14-/m0/s1. The number of hydrogen-bond donors (Lipinski definition) is 1. The topological polar surface area (TPSA) is 46.5 Å². The van der Waals surface area contributed by atoms with Crippen LogP contribution in [0.15, 0.2) is 53.0 Å². The predicted octanol–water partition coefficient (Wildman–Crippen LogP) is 4.18. The number of rotatable bonds is 5. The van der Waals surface area contributed by atoms with Crippen molar-refractivity contribution in [2.75, 3.05) is 0 Å². The first-order valence-corrected chi connectivity index (χ1v) is 7.12. The van der Waals surface area contributed by atoms with Crippen LogP contribution in [-0.2, 0) is 11.2 Å². The Bertz CT molecular complexity index is 616. The Morgan fingerprint density at radius 2 is 2.00 bits per heavy atom. The Kier molecular flexibility index (Phi) is 5.04. The van der Waals surface area contributed by atoms with Gasteiger partial charge in [0.1, 0.15) is 5.75 Å². The number of carbonyl (C=O) groups is 1. The van der Waals surface area contributed by atoms with Gasteiger partial charge in [-0.25, -0.2) is 4.79 Å². The second-order valence-electron chi connectivity index (χ2n) is 4.21. The molecule has 2 aromatic rings. The van der Waals surface area contributed by atoms with Crippen LogP contribution in [0.2, 0.25) is 5.02 Å². The largest absolute Gasteiger partial charge is 0.478 e. The summed E-state index contributed by atoms with van der Waals surface area (Å²) < 4.78 is 6.40. The minimum absolute atomic E-state index is 0.264. The van der Waals surface area contributed by atoms with Gasteiger partial charge in [0.25, 0.3) is 0 Å². The van der Waals surface area contributed by atoms with Crippen molar-refractivity contribution in [1.82, 2.24) is 0 Å². The van der Waals surface area contributed by atoms with Crippen molar-refractivity contribution < 1.29 is 14.6 Å². The van der Waals surface area contributed by atoms with E-state index in [9.17, 15) is 9.90 Å². The van der Waals surface area contributed by atoms with E-state index in [0.29, 0.717) is 10.8 Å². The van der Waals surface area contributed by atoms with Gasteiger partial charge < -0.3 is 9.84 Å². The lowest BCUT2D eigenvalue weighted by atomic mass is 10.1. The van der Waals surface area contributed by atoms with Crippen molar-refractivity contribution in [2.45, 2.75) is 12.5 Å². The van der Waals surface area contributed by atoms with E-state index >= 15 is 0 Å². The van der Waals surface area contributed by atoms with Gasteiger partial charge in [0.15, 0.2) is 6.10 Å². The summed E-state index contributed by atoms with van der Waals surface area (Å²) in [5, 5.41) is 9.67. The summed E-state index contributed by atoms with van der Waals surface area (Å²) in [6, 6.07) is 14.3. The highest BCUT2D eigenvalue weighted by Gasteiger charge is 2.21. The summed E-state index contributed by atoms with van der Waals surface area (Å²) in [5.41, 5.74) is 0.874. The molecule has 0 amide bonds. The monoisotopic (exact) mass is 354 g/mol. The first-order chi connectivity index (χ1) is 9.56. The van der Waals surface area contributed by atoms with Gasteiger partial charge in [0, 0.05) is 10.9 Å². The lowest BCUT2D eigenvalue weighted by Gasteiger charge is -2.16. The summed E-state index contributed by atoms with van der Waals surface area (Å²) in [6.45, 7) is 0. The van der Waals surface area contributed by atoms with Crippen molar-refractivity contribution in [3.63, 3.8) is 0 Å². The Morgan fingerprint density at radius 1 is 1.25 bits per heavy atom. The molecular weight excluding hydrogens is 344 g/mol. The van der Waals surface area contributed by atoms with Crippen LogP contribution in [0.4, 0.5) is 0 Å². The smallest absolute Gasteiger partial charge is 0.345 e. The number of aliphatic carboxylic acids is 1. The Hall–Kier alpha value is -1.52. The molecule has 0 unspecified atom stereocenters. The van der Waals surface area contributed by atoms with E-state index in [1.807, 2.05) is 24.3 Å². The molecule has 104 valence electrons. The van der Waals surface area contributed by atoms with E-state index in [1.54, 1.807) is 24.3 Å². The van der Waals surface area contributed by atoms with Crippen LogP contribution in [0.1, 0.15) is 5.56 Å². The highest BCUT2D eigenvalue weighted by atomic mass is 79.9. The number of ether oxygens (including phenoxy) is 1. The predicted molar refractivity (Wildman–Crippen MR) is 81.3 cm³/mol. The van der Waals surface area contributed by atoms with Crippen molar-refractivity contribution >= 4 is 33.5 Å². The number of halogens is 2. The van der Waals surface area contributed by atoms with Crippen LogP contribution < -0.4 is 4.74 Å². The summed E-state index contributed by atoms with van der Waals surface area (Å²) in [6.07, 6.45) is -0.718. The lowest BCUT2D eigenvalue weighted by Crippen LogP contribution is -2.29. The van der Waals surface area contributed by atoms with E-state index in [0.717, 1.165) is 10.0 Å². The summed E-state index contributed by atoms with van der Waals surface area (Å²) >= 11 is 9.33. The van der Waals surface area contributed by atoms with E-state index in [1.165, 1.54) is 0 Å². The van der Waals surface area contributed by atoms with E-state index in [4.69, 9.17) is 16.3 Å². The highest BCUT2D eigenvalue weighted by Crippen LogP contribution is 2.25. The quantitative estimate of drug-likeness (QED) is 0.875. The zero-order valence-electron chi connectivity index (χ0n) is 10.4. The van der Waals surface area contributed by atoms with Gasteiger partial charge in [-0.2, -0.15) is 0 Å². The number of hydrogen-bond acceptors (Lipinski definition) is 2. The Morgan fingerprint density at radius 3 is 2.65 bits per heavy atom. The summed E-state index contributed by atoms with van der Waals surface area (Å²) in [7, 11) is 0. The molecule has 0 bridgehead atoms. The van der Waals surface area contributed by atoms with Crippen LogP contribution in [-0.4, -0.2) is 17.2 Å². The molecule has 0 radical (unpaired) electrons. The van der Waals surface area contributed by atoms with Gasteiger partial charge in [-0.05, 0) is 29.8 Å². The van der Waals surface area contributed by atoms with Gasteiger partial charge in [-0.15, -0.1) is 0 Å². The van der Waals surface area contributed by atoms with Crippen molar-refractivity contribution in [3.8, 4) is 5.75 Å². The molecule has 2 aromatic carbocycles. The maximum Gasteiger partial charge on any atom is 0.345 e. The normalized spacial score (nSPS) is 11.9. The lowest BCUT2D eigenvalue weighted by molar-refractivity contribution is -0.145. The van der Waals surface area contributed by atoms with E-state index in [-0.39, 0.29) is 6.42 Å². The van der Waals surface area contributed by atoms with Crippen molar-refractivity contribution in [2.24, 2.45) is 0 Å². The molecule has 0 fully saturated rings. The molecule has 2 rings (SSSR count). The molecule has 0 aliphatic rings. The molecular formula is C15H12BrClO3. The molecule has 1 N–H and O–H groups in total. The number of carboxylic acids is 1. The fourth-order valence-corrected chi connectivity index (χ4v) is 2.38. The van der Waals surface area contributed by atoms with Gasteiger partial charge in [0.2, 0.25) is 0 Å². The number of para-hydroxylation sites is 1. The zero-order chi connectivity index (χ0) is 14.5. The second-order valence-corrected chi connectivity index (χ2v) is 5.53. The van der Waals surface area contributed by atoms with Crippen molar-refractivity contribution in [1.29, 1.82) is 0 Å². The van der Waals surface area contributed by atoms with Crippen LogP contribution in [0.25, 0.3) is 0 Å². The molecule has 0 aromatic heterocycles. The zero-order valence-corrected chi connectivity index (χ0v) is 12.8. The van der Waals surface area contributed by atoms with Gasteiger partial charge in [-0.1, -0.05) is 51.8 Å². The first kappa shape index (κ1) is 14.9. The molecule has 20 heavy (non-hydrogen) atoms. The molecule has 0 heterocycles. The van der Waals surface area contributed by atoms with Crippen LogP contribution >= 0.6 is 27.5 Å². The average molecular weight is 356 g/mol. The van der Waals surface area contributed by atoms with Crippen molar-refractivity contribution in [3.05, 3.63) is 63.6 Å². The maximum absolute atomic E-state index is 11.3. The molecule has 0 aliphatic heterocycles. The van der Waals surface area contributed by atoms with E-state index in [2.05, 4.69) is 15.9 Å². The first-order valence-electron chi connectivity index (χ1n) is 5.94. The van der Waals surface area contributed by atoms with Crippen LogP contribution in [0, 0.1) is 0 Å². The molecule has 0 spiro atoms. The van der Waals surface area contributed by atoms with Gasteiger partial charge >= 0.3 is 5.97 Å². The second kappa shape index (κ2) is 6.77. The van der Waals surface area contributed by atoms with E-state index < -0.39 is 12.1 Å². The summed E-state index contributed by atoms with van der Waals surface area (Å²) in [4.78, 5) is 11.3. The molecule has 1 atom stereocenters. The molecule has 0 saturated carbocycles. The van der Waals surface area contributed by atoms with Gasteiger partial charge in [-0.3, -0.25) is 0 Å². The summed E-state index contributed by atoms with van der Waals surface area (Å²) in [5.74, 6) is -0.651. The minimum Gasteiger partial charge on any atom is -0.478 e. The maximum atomic E-state index is 11.3. The molecule has 0 aliphatic carbocycles. The Labute approximate surface area is 130 Å². The van der Waals surface area contributed by atoms with Crippen LogP contribution in [0.3, 0.4) is 0 Å². The SMILES string of the molecule is O=C(O)[C@H](Cc1cccc(Br)c1)Oc1ccccc1Cl. The molecule has 0 saturated heterocycles. The third-order valence-electron chi connectivity index (χ3n) is 2.69. The van der Waals surface area contributed by atoms with Crippen LogP contribution in [0.5, 0.6) is 5.75 Å². The molecule has 3 nitrogen and oxygen atoms in total. The molecule has 5 heteroatoms. The fourth-order valence-electron chi connectivity index (χ4n) is 1.75. The number of carboxylic acid groups (broad SMARTS) is 1. The van der Waals surface area contributed by atoms with Gasteiger partial charge in [0.05, 0.1) is 5.02 Å². The highest BCUT2D eigenvalue weighted by molar-refractivity contribution is 9.10. The Balaban J connectivity index is 2.16. The minimum atomic E-state index is -1.02. The third kappa shape index (κ3) is 3.99. The third-order valence-corrected chi connectivity index (χ3v) is 3.50. The average Bonchev–Trinajstić information content (AvgIpc) is 2.40. The number of benzene rings is 2. The fraction of sp³-hybridized carbons (Fsp3) is 0.133.